The van der Waals surface area contributed by atoms with E-state index in [1.807, 2.05) is 6.92 Å². The van der Waals surface area contributed by atoms with Crippen LogP contribution in [0.25, 0.3) is 0 Å². The molecule has 0 aliphatic heterocycles. The number of pyridine rings is 1. The average Bonchev–Trinajstić information content (AvgIpc) is 2.23. The molecule has 0 bridgehead atoms. The Labute approximate surface area is 98.6 Å². The predicted molar refractivity (Wildman–Crippen MR) is 60.3 cm³/mol. The number of hydrogen-bond acceptors (Lipinski definition) is 2. The molecule has 5 heteroatoms. The van der Waals surface area contributed by atoms with Gasteiger partial charge in [-0.1, -0.05) is 6.58 Å². The van der Waals surface area contributed by atoms with Crippen molar-refractivity contribution in [2.24, 2.45) is 0 Å². The molecule has 0 fully saturated rings. The minimum atomic E-state index is -4.13. The van der Waals surface area contributed by atoms with Crippen LogP contribution in [0.5, 0.6) is 0 Å². The summed E-state index contributed by atoms with van der Waals surface area (Å²) in [5.41, 5.74) is 2.18. The van der Waals surface area contributed by atoms with E-state index in [1.54, 1.807) is 12.1 Å². The summed E-state index contributed by atoms with van der Waals surface area (Å²) >= 11 is 0. The van der Waals surface area contributed by atoms with Crippen molar-refractivity contribution in [3.63, 3.8) is 0 Å². The lowest BCUT2D eigenvalue weighted by Gasteiger charge is -2.08. The summed E-state index contributed by atoms with van der Waals surface area (Å²) < 4.78 is 36.1. The van der Waals surface area contributed by atoms with Crippen LogP contribution in [-0.4, -0.2) is 11.2 Å². The van der Waals surface area contributed by atoms with Gasteiger partial charge in [-0.25, -0.2) is 0 Å². The van der Waals surface area contributed by atoms with Gasteiger partial charge in [0.15, 0.2) is 0 Å². The SMILES string of the molecule is C=C(C)NCc1ccnc(CCC(F)(F)F)c1. The van der Waals surface area contributed by atoms with Crippen molar-refractivity contribution in [1.29, 1.82) is 0 Å². The standard InChI is InChI=1S/C12H15F3N2/c1-9(2)17-8-10-4-6-16-11(7-10)3-5-12(13,14)15/h4,6-7,17H,1,3,5,8H2,2H3. The van der Waals surface area contributed by atoms with Gasteiger partial charge >= 0.3 is 6.18 Å². The number of allylic oxidation sites excluding steroid dienone is 1. The molecular formula is C12H15F3N2. The third kappa shape index (κ3) is 5.94. The summed E-state index contributed by atoms with van der Waals surface area (Å²) in [5.74, 6) is 0. The van der Waals surface area contributed by atoms with Crippen LogP contribution in [0.3, 0.4) is 0 Å². The molecule has 1 N–H and O–H groups in total. The normalized spacial score (nSPS) is 11.3. The minimum Gasteiger partial charge on any atom is -0.385 e. The van der Waals surface area contributed by atoms with Crippen LogP contribution < -0.4 is 5.32 Å². The Kier molecular flexibility index (Phi) is 4.54. The Morgan fingerprint density at radius 1 is 1.47 bits per heavy atom. The summed E-state index contributed by atoms with van der Waals surface area (Å²) in [5, 5.41) is 3.02. The van der Waals surface area contributed by atoms with Crippen LogP contribution in [0.15, 0.2) is 30.6 Å². The fraction of sp³-hybridized carbons (Fsp3) is 0.417. The molecule has 0 amide bonds. The molecule has 0 spiro atoms. The maximum absolute atomic E-state index is 12.0. The van der Waals surface area contributed by atoms with Gasteiger partial charge in [-0.3, -0.25) is 4.98 Å². The molecule has 0 unspecified atom stereocenters. The Bertz CT molecular complexity index is 386. The number of halogens is 3. The van der Waals surface area contributed by atoms with Crippen molar-refractivity contribution >= 4 is 0 Å². The second-order valence-corrected chi connectivity index (χ2v) is 3.90. The van der Waals surface area contributed by atoms with Crippen LogP contribution in [0.4, 0.5) is 13.2 Å². The van der Waals surface area contributed by atoms with E-state index in [1.165, 1.54) is 6.20 Å². The molecule has 17 heavy (non-hydrogen) atoms. The molecule has 1 aromatic heterocycles. The average molecular weight is 244 g/mol. The van der Waals surface area contributed by atoms with Gasteiger partial charge in [0.05, 0.1) is 0 Å². The zero-order valence-corrected chi connectivity index (χ0v) is 9.64. The van der Waals surface area contributed by atoms with Gasteiger partial charge in [0, 0.05) is 30.6 Å². The molecule has 1 rings (SSSR count). The summed E-state index contributed by atoms with van der Waals surface area (Å²) in [6.07, 6.45) is -3.52. The van der Waals surface area contributed by atoms with Gasteiger partial charge in [-0.2, -0.15) is 13.2 Å². The number of alkyl halides is 3. The molecular weight excluding hydrogens is 229 g/mol. The molecule has 94 valence electrons. The van der Waals surface area contributed by atoms with Gasteiger partial charge < -0.3 is 5.32 Å². The van der Waals surface area contributed by atoms with Gasteiger partial charge in [0.1, 0.15) is 0 Å². The summed E-state index contributed by atoms with van der Waals surface area (Å²) in [4.78, 5) is 3.92. The minimum absolute atomic E-state index is 0.0790. The fourth-order valence-corrected chi connectivity index (χ4v) is 1.30. The van der Waals surface area contributed by atoms with Crippen LogP contribution in [0.2, 0.25) is 0 Å². The first-order chi connectivity index (χ1) is 7.87. The molecule has 0 saturated carbocycles. The number of aryl methyl sites for hydroxylation is 1. The van der Waals surface area contributed by atoms with Crippen LogP contribution in [0.1, 0.15) is 24.6 Å². The molecule has 0 atom stereocenters. The van der Waals surface area contributed by atoms with E-state index in [4.69, 9.17) is 0 Å². The number of aromatic nitrogens is 1. The Hall–Kier alpha value is -1.52. The smallest absolute Gasteiger partial charge is 0.385 e. The zero-order chi connectivity index (χ0) is 12.9. The zero-order valence-electron chi connectivity index (χ0n) is 9.64. The maximum atomic E-state index is 12.0. The quantitative estimate of drug-likeness (QED) is 0.860. The first kappa shape index (κ1) is 13.5. The van der Waals surface area contributed by atoms with Crippen molar-refractivity contribution in [3.05, 3.63) is 41.9 Å². The molecule has 2 nitrogen and oxygen atoms in total. The maximum Gasteiger partial charge on any atom is 0.389 e. The molecule has 1 aromatic rings. The molecule has 0 aliphatic carbocycles. The van der Waals surface area contributed by atoms with Gasteiger partial charge in [0.2, 0.25) is 0 Å². The van der Waals surface area contributed by atoms with Crippen molar-refractivity contribution in [3.8, 4) is 0 Å². The van der Waals surface area contributed by atoms with E-state index in [-0.39, 0.29) is 6.42 Å². The number of nitrogens with zero attached hydrogens (tertiary/aromatic N) is 1. The number of nitrogens with one attached hydrogen (secondary N) is 1. The van der Waals surface area contributed by atoms with Gasteiger partial charge in [0.25, 0.3) is 0 Å². The van der Waals surface area contributed by atoms with E-state index < -0.39 is 12.6 Å². The largest absolute Gasteiger partial charge is 0.389 e. The lowest BCUT2D eigenvalue weighted by Crippen LogP contribution is -2.11. The number of rotatable bonds is 5. The molecule has 0 radical (unpaired) electrons. The highest BCUT2D eigenvalue weighted by molar-refractivity contribution is 5.17. The van der Waals surface area contributed by atoms with Crippen LogP contribution in [-0.2, 0) is 13.0 Å². The molecule has 1 heterocycles. The lowest BCUT2D eigenvalue weighted by atomic mass is 10.1. The second kappa shape index (κ2) is 5.70. The molecule has 0 aromatic carbocycles. The highest BCUT2D eigenvalue weighted by atomic mass is 19.4. The first-order valence-corrected chi connectivity index (χ1v) is 5.27. The van der Waals surface area contributed by atoms with Crippen molar-refractivity contribution in [2.75, 3.05) is 0 Å². The number of hydrogen-bond donors (Lipinski definition) is 1. The van der Waals surface area contributed by atoms with Crippen LogP contribution >= 0.6 is 0 Å². The predicted octanol–water partition coefficient (Wildman–Crippen LogP) is 3.20. The Balaban J connectivity index is 2.56. The van der Waals surface area contributed by atoms with E-state index in [0.29, 0.717) is 12.2 Å². The van der Waals surface area contributed by atoms with Gasteiger partial charge in [-0.15, -0.1) is 0 Å². The van der Waals surface area contributed by atoms with Crippen molar-refractivity contribution in [1.82, 2.24) is 10.3 Å². The topological polar surface area (TPSA) is 24.9 Å². The van der Waals surface area contributed by atoms with E-state index in [2.05, 4.69) is 16.9 Å². The monoisotopic (exact) mass is 244 g/mol. The van der Waals surface area contributed by atoms with Crippen molar-refractivity contribution < 1.29 is 13.2 Å². The molecule has 0 saturated heterocycles. The van der Waals surface area contributed by atoms with E-state index in [0.717, 1.165) is 11.3 Å². The van der Waals surface area contributed by atoms with E-state index >= 15 is 0 Å². The third-order valence-corrected chi connectivity index (χ3v) is 2.14. The Morgan fingerprint density at radius 3 is 2.76 bits per heavy atom. The first-order valence-electron chi connectivity index (χ1n) is 5.27. The molecule has 0 aliphatic rings. The highest BCUT2D eigenvalue weighted by Crippen LogP contribution is 2.21. The second-order valence-electron chi connectivity index (χ2n) is 3.90. The van der Waals surface area contributed by atoms with Crippen LogP contribution in [0, 0.1) is 0 Å². The Morgan fingerprint density at radius 2 is 2.18 bits per heavy atom. The highest BCUT2D eigenvalue weighted by Gasteiger charge is 2.26. The summed E-state index contributed by atoms with van der Waals surface area (Å²) in [6.45, 7) is 6.06. The lowest BCUT2D eigenvalue weighted by molar-refractivity contribution is -0.134. The van der Waals surface area contributed by atoms with Crippen molar-refractivity contribution in [2.45, 2.75) is 32.5 Å². The summed E-state index contributed by atoms with van der Waals surface area (Å²) in [6, 6.07) is 3.45. The van der Waals surface area contributed by atoms with E-state index in [9.17, 15) is 13.2 Å². The fourth-order valence-electron chi connectivity index (χ4n) is 1.30. The van der Waals surface area contributed by atoms with Gasteiger partial charge in [-0.05, 0) is 31.0 Å². The third-order valence-electron chi connectivity index (χ3n) is 2.14. The summed E-state index contributed by atoms with van der Waals surface area (Å²) in [7, 11) is 0.